The molecule has 37 heavy (non-hydrogen) atoms. The van der Waals surface area contributed by atoms with Crippen molar-refractivity contribution < 1.29 is 23.1 Å². The van der Waals surface area contributed by atoms with Crippen LogP contribution in [0.5, 0.6) is 5.75 Å². The van der Waals surface area contributed by atoms with Crippen molar-refractivity contribution in [2.75, 3.05) is 11.5 Å². The molecule has 3 heterocycles. The third-order valence-electron chi connectivity index (χ3n) is 6.28. The van der Waals surface area contributed by atoms with Crippen molar-refractivity contribution >= 4 is 39.1 Å². The number of carbonyl (C=O) groups is 2. The van der Waals surface area contributed by atoms with Gasteiger partial charge in [-0.15, -0.1) is 0 Å². The Morgan fingerprint density at radius 1 is 1.22 bits per heavy atom. The number of Topliss-reactive ketones (excluding diaryl/α,β-unsaturated/α-hetero) is 1. The third kappa shape index (κ3) is 4.44. The minimum absolute atomic E-state index is 0.0440. The summed E-state index contributed by atoms with van der Waals surface area (Å²) in [5.74, 6) is -0.372. The number of hydrogen-bond acceptors (Lipinski definition) is 7. The predicted molar refractivity (Wildman–Crippen MR) is 139 cm³/mol. The lowest BCUT2D eigenvalue weighted by atomic mass is 9.98. The number of rotatable bonds is 7. The molecule has 1 amide bonds. The average Bonchev–Trinajstić information content (AvgIpc) is 3.37. The third-order valence-corrected chi connectivity index (χ3v) is 7.54. The molecule has 2 aromatic heterocycles. The highest BCUT2D eigenvalue weighted by atomic mass is 32.1. The Hall–Kier alpha value is -3.85. The molecule has 190 valence electrons. The lowest BCUT2D eigenvalue weighted by Crippen LogP contribution is -2.29. The number of benzene rings is 2. The molecular formula is C28H25FN2O5S. The van der Waals surface area contributed by atoms with E-state index in [0.717, 1.165) is 23.8 Å². The number of ether oxygens (including phenoxy) is 1. The SMILES string of the molecule is CC(=O)c1sc(N2C(=O)c3oc4ccc(F)cc4c(=O)c3C2c2cccc(OCCC(C)C)c2)nc1C. The number of aromatic nitrogens is 1. The van der Waals surface area contributed by atoms with Crippen LogP contribution in [0.3, 0.4) is 0 Å². The fourth-order valence-corrected chi connectivity index (χ4v) is 5.45. The molecule has 1 atom stereocenters. The van der Waals surface area contributed by atoms with Crippen molar-refractivity contribution in [1.82, 2.24) is 4.98 Å². The van der Waals surface area contributed by atoms with Crippen LogP contribution in [-0.4, -0.2) is 23.3 Å². The first-order chi connectivity index (χ1) is 17.7. The van der Waals surface area contributed by atoms with Gasteiger partial charge in [-0.2, -0.15) is 0 Å². The minimum Gasteiger partial charge on any atom is -0.494 e. The zero-order valence-corrected chi connectivity index (χ0v) is 21.6. The van der Waals surface area contributed by atoms with Crippen molar-refractivity contribution in [2.45, 2.75) is 40.2 Å². The molecule has 0 saturated heterocycles. The number of carbonyl (C=O) groups excluding carboxylic acids is 2. The van der Waals surface area contributed by atoms with Gasteiger partial charge in [-0.1, -0.05) is 37.3 Å². The average molecular weight is 521 g/mol. The normalized spacial score (nSPS) is 15.0. The number of fused-ring (bicyclic) bond motifs is 2. The Balaban J connectivity index is 1.70. The van der Waals surface area contributed by atoms with E-state index in [1.165, 1.54) is 24.0 Å². The molecule has 0 saturated carbocycles. The lowest BCUT2D eigenvalue weighted by molar-refractivity contribution is 0.0969. The van der Waals surface area contributed by atoms with Crippen LogP contribution in [0, 0.1) is 18.7 Å². The first-order valence-electron chi connectivity index (χ1n) is 12.0. The van der Waals surface area contributed by atoms with E-state index in [9.17, 15) is 18.8 Å². The van der Waals surface area contributed by atoms with E-state index in [2.05, 4.69) is 18.8 Å². The Morgan fingerprint density at radius 3 is 2.70 bits per heavy atom. The largest absolute Gasteiger partial charge is 0.494 e. The molecule has 0 radical (unpaired) electrons. The molecule has 0 spiro atoms. The molecule has 7 nitrogen and oxygen atoms in total. The fourth-order valence-electron chi connectivity index (χ4n) is 4.46. The fraction of sp³-hybridized carbons (Fsp3) is 0.286. The van der Waals surface area contributed by atoms with E-state index in [4.69, 9.17) is 9.15 Å². The summed E-state index contributed by atoms with van der Waals surface area (Å²) in [4.78, 5) is 45.8. The van der Waals surface area contributed by atoms with Gasteiger partial charge in [0.05, 0.1) is 34.2 Å². The highest BCUT2D eigenvalue weighted by molar-refractivity contribution is 7.17. The summed E-state index contributed by atoms with van der Waals surface area (Å²) in [6, 6.07) is 9.89. The summed E-state index contributed by atoms with van der Waals surface area (Å²) in [6.07, 6.45) is 0.870. The summed E-state index contributed by atoms with van der Waals surface area (Å²) in [6.45, 7) is 7.87. The van der Waals surface area contributed by atoms with E-state index in [0.29, 0.717) is 34.4 Å². The van der Waals surface area contributed by atoms with Crippen LogP contribution >= 0.6 is 11.3 Å². The van der Waals surface area contributed by atoms with Gasteiger partial charge in [0.2, 0.25) is 5.76 Å². The number of amides is 1. The molecule has 2 aromatic carbocycles. The molecule has 9 heteroatoms. The van der Waals surface area contributed by atoms with Gasteiger partial charge in [0.25, 0.3) is 5.91 Å². The smallest absolute Gasteiger partial charge is 0.297 e. The first kappa shape index (κ1) is 24.8. The standard InChI is InChI=1S/C28H25FN2O5S/c1-14(2)10-11-35-19-7-5-6-17(12-19)23-22-24(33)20-13-18(29)8-9-21(20)36-25(22)27(34)31(23)28-30-15(3)26(37-28)16(4)32/h5-9,12-14,23H,10-11H2,1-4H3. The highest BCUT2D eigenvalue weighted by Gasteiger charge is 2.45. The molecule has 0 bridgehead atoms. The molecule has 1 aliphatic rings. The molecule has 0 fully saturated rings. The van der Waals surface area contributed by atoms with E-state index in [1.54, 1.807) is 25.1 Å². The minimum atomic E-state index is -0.898. The Labute approximate surface area is 216 Å². The van der Waals surface area contributed by atoms with Crippen molar-refractivity contribution in [3.05, 3.63) is 86.0 Å². The van der Waals surface area contributed by atoms with Gasteiger partial charge in [0.1, 0.15) is 17.1 Å². The zero-order chi connectivity index (χ0) is 26.4. The van der Waals surface area contributed by atoms with Crippen LogP contribution in [0.4, 0.5) is 9.52 Å². The maximum atomic E-state index is 14.0. The van der Waals surface area contributed by atoms with Crippen molar-refractivity contribution in [2.24, 2.45) is 5.92 Å². The van der Waals surface area contributed by atoms with Gasteiger partial charge in [0, 0.05) is 6.92 Å². The number of nitrogens with zero attached hydrogens (tertiary/aromatic N) is 2. The number of anilines is 1. The van der Waals surface area contributed by atoms with E-state index >= 15 is 0 Å². The molecule has 1 unspecified atom stereocenters. The summed E-state index contributed by atoms with van der Waals surface area (Å²) >= 11 is 1.08. The first-order valence-corrected chi connectivity index (χ1v) is 12.8. The van der Waals surface area contributed by atoms with E-state index in [1.807, 2.05) is 6.07 Å². The van der Waals surface area contributed by atoms with Gasteiger partial charge < -0.3 is 9.15 Å². The lowest BCUT2D eigenvalue weighted by Gasteiger charge is -2.23. The topological polar surface area (TPSA) is 89.7 Å². The Morgan fingerprint density at radius 2 is 2.00 bits per heavy atom. The Bertz CT molecular complexity index is 1610. The summed E-state index contributed by atoms with van der Waals surface area (Å²) in [5.41, 5.74) is 0.814. The molecule has 0 aliphatic carbocycles. The number of hydrogen-bond donors (Lipinski definition) is 0. The molecule has 0 N–H and O–H groups in total. The second kappa shape index (κ2) is 9.55. The summed E-state index contributed by atoms with van der Waals surface area (Å²) in [7, 11) is 0. The van der Waals surface area contributed by atoms with Gasteiger partial charge >= 0.3 is 0 Å². The van der Waals surface area contributed by atoms with Crippen LogP contribution in [-0.2, 0) is 0 Å². The maximum Gasteiger partial charge on any atom is 0.297 e. The second-order valence-corrected chi connectivity index (χ2v) is 10.4. The molecule has 5 rings (SSSR count). The number of thiazole rings is 1. The number of ketones is 1. The Kier molecular flexibility index (Phi) is 6.41. The molecule has 1 aliphatic heterocycles. The van der Waals surface area contributed by atoms with Gasteiger partial charge in [-0.25, -0.2) is 9.37 Å². The summed E-state index contributed by atoms with van der Waals surface area (Å²) < 4.78 is 25.9. The van der Waals surface area contributed by atoms with Crippen LogP contribution < -0.4 is 15.1 Å². The van der Waals surface area contributed by atoms with E-state index < -0.39 is 23.2 Å². The van der Waals surface area contributed by atoms with Crippen molar-refractivity contribution in [3.63, 3.8) is 0 Å². The van der Waals surface area contributed by atoms with Gasteiger partial charge in [0.15, 0.2) is 16.3 Å². The zero-order valence-electron chi connectivity index (χ0n) is 20.8. The molecular weight excluding hydrogens is 495 g/mol. The van der Waals surface area contributed by atoms with Crippen molar-refractivity contribution in [1.29, 1.82) is 0 Å². The number of aryl methyl sites for hydroxylation is 1. The molecule has 4 aromatic rings. The highest BCUT2D eigenvalue weighted by Crippen LogP contribution is 2.43. The van der Waals surface area contributed by atoms with Crippen molar-refractivity contribution in [3.8, 4) is 5.75 Å². The quantitative estimate of drug-likeness (QED) is 0.275. The van der Waals surface area contributed by atoms with Crippen LogP contribution in [0.2, 0.25) is 0 Å². The van der Waals surface area contributed by atoms with Crippen LogP contribution in [0.15, 0.2) is 51.7 Å². The maximum absolute atomic E-state index is 14.0. The predicted octanol–water partition coefficient (Wildman–Crippen LogP) is 6.07. The summed E-state index contributed by atoms with van der Waals surface area (Å²) in [5, 5.41) is 0.312. The van der Waals surface area contributed by atoms with Gasteiger partial charge in [-0.05, 0) is 55.2 Å². The van der Waals surface area contributed by atoms with Crippen LogP contribution in [0.25, 0.3) is 11.0 Å². The van der Waals surface area contributed by atoms with E-state index in [-0.39, 0.29) is 33.2 Å². The van der Waals surface area contributed by atoms with Gasteiger partial charge in [-0.3, -0.25) is 19.3 Å². The number of halogens is 1. The monoisotopic (exact) mass is 520 g/mol. The second-order valence-electron chi connectivity index (χ2n) is 9.46. The van der Waals surface area contributed by atoms with Crippen LogP contribution in [0.1, 0.15) is 70.3 Å².